The summed E-state index contributed by atoms with van der Waals surface area (Å²) in [6.07, 6.45) is 3.67. The van der Waals surface area contributed by atoms with Crippen LogP contribution in [-0.2, 0) is 24.7 Å². The molecule has 2 atom stereocenters. The van der Waals surface area contributed by atoms with Crippen LogP contribution in [0, 0.1) is 11.8 Å². The van der Waals surface area contributed by atoms with Crippen molar-refractivity contribution in [2.24, 2.45) is 18.9 Å². The molecule has 1 saturated carbocycles. The predicted molar refractivity (Wildman–Crippen MR) is 70.9 cm³/mol. The maximum atomic E-state index is 11.6. The highest BCUT2D eigenvalue weighted by atomic mass is 79.9. The molecule has 0 radical (unpaired) electrons. The van der Waals surface area contributed by atoms with Crippen LogP contribution in [-0.4, -0.2) is 15.6 Å². The maximum absolute atomic E-state index is 11.6. The molecule has 0 amide bonds. The van der Waals surface area contributed by atoms with E-state index in [-0.39, 0.29) is 5.92 Å². The minimum absolute atomic E-state index is 0.210. The lowest BCUT2D eigenvalue weighted by Crippen LogP contribution is -2.14. The molecule has 1 fully saturated rings. The Morgan fingerprint density at radius 1 is 1.53 bits per heavy atom. The predicted octanol–water partition coefficient (Wildman–Crippen LogP) is 2.90. The van der Waals surface area contributed by atoms with Gasteiger partial charge in [-0.3, -0.25) is 9.48 Å². The monoisotopic (exact) mass is 298 g/mol. The van der Waals surface area contributed by atoms with Gasteiger partial charge in [0.25, 0.3) is 0 Å². The van der Waals surface area contributed by atoms with Crippen LogP contribution in [0.5, 0.6) is 0 Å². The highest BCUT2D eigenvalue weighted by Gasteiger charge is 2.32. The Hall–Kier alpha value is -0.640. The highest BCUT2D eigenvalue weighted by Crippen LogP contribution is 2.33. The Labute approximate surface area is 111 Å². The molecule has 2 rings (SSSR count). The molecule has 0 aliphatic heterocycles. The fourth-order valence-corrected chi connectivity index (χ4v) is 3.42. The van der Waals surface area contributed by atoms with Crippen molar-refractivity contribution in [1.29, 1.82) is 0 Å². The number of hydrogen-bond donors (Lipinski definition) is 0. The molecule has 2 unspecified atom stereocenters. The third-order valence-electron chi connectivity index (χ3n) is 3.93. The molecular weight excluding hydrogens is 280 g/mol. The third kappa shape index (κ3) is 2.32. The molecule has 1 aliphatic rings. The van der Waals surface area contributed by atoms with Gasteiger partial charge in [-0.05, 0) is 41.1 Å². The Morgan fingerprint density at radius 3 is 2.71 bits per heavy atom. The van der Waals surface area contributed by atoms with Gasteiger partial charge in [-0.2, -0.15) is 5.10 Å². The van der Waals surface area contributed by atoms with E-state index in [0.29, 0.717) is 11.7 Å². The van der Waals surface area contributed by atoms with E-state index in [9.17, 15) is 4.79 Å². The summed E-state index contributed by atoms with van der Waals surface area (Å²) in [4.78, 5) is 11.6. The largest absolute Gasteiger partial charge is 0.299 e. The summed E-state index contributed by atoms with van der Waals surface area (Å²) in [5, 5.41) is 4.50. The maximum Gasteiger partial charge on any atom is 0.136 e. The van der Waals surface area contributed by atoms with Crippen molar-refractivity contribution in [1.82, 2.24) is 9.78 Å². The molecule has 94 valence electrons. The zero-order valence-electron chi connectivity index (χ0n) is 10.7. The van der Waals surface area contributed by atoms with Gasteiger partial charge in [0.2, 0.25) is 0 Å². The van der Waals surface area contributed by atoms with Crippen molar-refractivity contribution in [3.63, 3.8) is 0 Å². The van der Waals surface area contributed by atoms with E-state index in [0.717, 1.165) is 35.8 Å². The first-order chi connectivity index (χ1) is 8.04. The molecule has 1 heterocycles. The number of nitrogens with zero attached hydrogens (tertiary/aromatic N) is 2. The Morgan fingerprint density at radius 2 is 2.24 bits per heavy atom. The molecular formula is C13H19BrN2O. The van der Waals surface area contributed by atoms with Gasteiger partial charge in [0.15, 0.2) is 0 Å². The first-order valence-corrected chi connectivity index (χ1v) is 7.06. The summed E-state index contributed by atoms with van der Waals surface area (Å²) >= 11 is 3.64. The summed E-state index contributed by atoms with van der Waals surface area (Å²) in [7, 11) is 1.99. The van der Waals surface area contributed by atoms with E-state index in [1.165, 1.54) is 5.69 Å². The van der Waals surface area contributed by atoms with Gasteiger partial charge in [0, 0.05) is 19.4 Å². The second kappa shape index (κ2) is 4.92. The zero-order chi connectivity index (χ0) is 12.6. The molecule has 0 aromatic carbocycles. The molecule has 1 aromatic heterocycles. The minimum Gasteiger partial charge on any atom is -0.299 e. The second-order valence-corrected chi connectivity index (χ2v) is 5.74. The van der Waals surface area contributed by atoms with Crippen molar-refractivity contribution >= 4 is 21.7 Å². The van der Waals surface area contributed by atoms with Gasteiger partial charge >= 0.3 is 0 Å². The molecule has 1 aliphatic carbocycles. The number of rotatable bonds is 3. The zero-order valence-corrected chi connectivity index (χ0v) is 12.2. The fraction of sp³-hybridized carbons (Fsp3) is 0.692. The quantitative estimate of drug-likeness (QED) is 0.860. The standard InChI is InChI=1S/C13H19BrN2O/c1-4-10-13(14)11(16(3)15-10)7-9-5-6-12(17)8(9)2/h8-9H,4-7H2,1-3H3. The molecule has 17 heavy (non-hydrogen) atoms. The molecule has 0 bridgehead atoms. The van der Waals surface area contributed by atoms with Gasteiger partial charge < -0.3 is 0 Å². The lowest BCUT2D eigenvalue weighted by molar-refractivity contribution is -0.120. The van der Waals surface area contributed by atoms with Crippen molar-refractivity contribution in [3.8, 4) is 0 Å². The summed E-state index contributed by atoms with van der Waals surface area (Å²) in [5.41, 5.74) is 2.34. The van der Waals surface area contributed by atoms with Gasteiger partial charge in [-0.25, -0.2) is 0 Å². The summed E-state index contributed by atoms with van der Waals surface area (Å²) in [5.74, 6) is 1.12. The fourth-order valence-electron chi connectivity index (χ4n) is 2.64. The van der Waals surface area contributed by atoms with Crippen molar-refractivity contribution in [3.05, 3.63) is 15.9 Å². The summed E-state index contributed by atoms with van der Waals surface area (Å²) < 4.78 is 3.09. The lowest BCUT2D eigenvalue weighted by atomic mass is 9.92. The molecule has 0 N–H and O–H groups in total. The van der Waals surface area contributed by atoms with Crippen LogP contribution < -0.4 is 0 Å². The third-order valence-corrected chi connectivity index (χ3v) is 4.85. The van der Waals surface area contributed by atoms with Crippen LogP contribution in [0.2, 0.25) is 0 Å². The molecule has 0 spiro atoms. The minimum atomic E-state index is 0.210. The van der Waals surface area contributed by atoms with E-state index in [2.05, 4.69) is 34.9 Å². The average Bonchev–Trinajstić information content (AvgIpc) is 2.76. The van der Waals surface area contributed by atoms with Crippen LogP contribution in [0.3, 0.4) is 0 Å². The second-order valence-electron chi connectivity index (χ2n) is 4.94. The normalized spacial score (nSPS) is 24.6. The molecule has 3 nitrogen and oxygen atoms in total. The summed E-state index contributed by atoms with van der Waals surface area (Å²) in [6.45, 7) is 4.17. The highest BCUT2D eigenvalue weighted by molar-refractivity contribution is 9.10. The number of aromatic nitrogens is 2. The topological polar surface area (TPSA) is 34.9 Å². The number of carbonyl (C=O) groups excluding carboxylic acids is 1. The van der Waals surface area contributed by atoms with Crippen LogP contribution in [0.4, 0.5) is 0 Å². The van der Waals surface area contributed by atoms with E-state index in [1.807, 2.05) is 11.7 Å². The Balaban J connectivity index is 2.19. The van der Waals surface area contributed by atoms with Crippen molar-refractivity contribution < 1.29 is 4.79 Å². The average molecular weight is 299 g/mol. The van der Waals surface area contributed by atoms with Gasteiger partial charge in [0.1, 0.15) is 5.78 Å². The molecule has 4 heteroatoms. The number of halogens is 1. The van der Waals surface area contributed by atoms with Gasteiger partial charge in [-0.1, -0.05) is 13.8 Å². The van der Waals surface area contributed by atoms with E-state index in [1.54, 1.807) is 0 Å². The number of carbonyl (C=O) groups is 1. The number of hydrogen-bond acceptors (Lipinski definition) is 2. The first-order valence-electron chi connectivity index (χ1n) is 6.27. The Bertz CT molecular complexity index is 439. The number of Topliss-reactive ketones (excluding diaryl/α,β-unsaturated/α-hetero) is 1. The number of ketones is 1. The van der Waals surface area contributed by atoms with Crippen LogP contribution in [0.25, 0.3) is 0 Å². The van der Waals surface area contributed by atoms with Crippen molar-refractivity contribution in [2.75, 3.05) is 0 Å². The number of aryl methyl sites for hydroxylation is 2. The molecule has 0 saturated heterocycles. The van der Waals surface area contributed by atoms with Gasteiger partial charge in [-0.15, -0.1) is 0 Å². The SMILES string of the molecule is CCc1nn(C)c(CC2CCC(=O)C2C)c1Br. The summed E-state index contributed by atoms with van der Waals surface area (Å²) in [6, 6.07) is 0. The van der Waals surface area contributed by atoms with Crippen molar-refractivity contribution in [2.45, 2.75) is 39.5 Å². The van der Waals surface area contributed by atoms with Crippen LogP contribution in [0.1, 0.15) is 38.1 Å². The van der Waals surface area contributed by atoms with Gasteiger partial charge in [0.05, 0.1) is 15.9 Å². The van der Waals surface area contributed by atoms with E-state index < -0.39 is 0 Å². The smallest absolute Gasteiger partial charge is 0.136 e. The van der Waals surface area contributed by atoms with Crippen LogP contribution >= 0.6 is 15.9 Å². The van der Waals surface area contributed by atoms with E-state index >= 15 is 0 Å². The first kappa shape index (κ1) is 12.8. The Kier molecular flexibility index (Phi) is 3.71. The van der Waals surface area contributed by atoms with E-state index in [4.69, 9.17) is 0 Å². The lowest BCUT2D eigenvalue weighted by Gasteiger charge is -2.14. The molecule has 1 aromatic rings. The van der Waals surface area contributed by atoms with Crippen LogP contribution in [0.15, 0.2) is 4.47 Å².